The second-order valence-corrected chi connectivity index (χ2v) is 6.81. The molecular formula is C14H20N2O4S. The minimum atomic E-state index is -3.81. The van der Waals surface area contributed by atoms with Crippen LogP contribution in [-0.4, -0.2) is 45.5 Å². The number of carbonyl (C=O) groups is 1. The van der Waals surface area contributed by atoms with Gasteiger partial charge in [0.05, 0.1) is 11.0 Å². The summed E-state index contributed by atoms with van der Waals surface area (Å²) in [4.78, 5) is 13.8. The van der Waals surface area contributed by atoms with Crippen molar-refractivity contribution in [2.24, 2.45) is 5.14 Å². The van der Waals surface area contributed by atoms with Gasteiger partial charge in [-0.2, -0.15) is 0 Å². The van der Waals surface area contributed by atoms with Gasteiger partial charge in [0.15, 0.2) is 0 Å². The number of likely N-dealkylation sites (N-methyl/N-ethyl adjacent to an activating group) is 1. The number of nitrogens with zero attached hydrogens (tertiary/aromatic N) is 1. The zero-order valence-electron chi connectivity index (χ0n) is 12.0. The molecule has 21 heavy (non-hydrogen) atoms. The minimum absolute atomic E-state index is 0.0501. The number of sulfonamides is 1. The van der Waals surface area contributed by atoms with Crippen molar-refractivity contribution in [3.8, 4) is 0 Å². The van der Waals surface area contributed by atoms with Crippen LogP contribution in [0.2, 0.25) is 0 Å². The number of hydrogen-bond acceptors (Lipinski definition) is 4. The highest BCUT2D eigenvalue weighted by molar-refractivity contribution is 7.89. The van der Waals surface area contributed by atoms with Crippen molar-refractivity contribution in [2.75, 3.05) is 20.2 Å². The lowest BCUT2D eigenvalue weighted by Crippen LogP contribution is -2.37. The van der Waals surface area contributed by atoms with Gasteiger partial charge < -0.3 is 9.64 Å². The molecule has 0 bridgehead atoms. The van der Waals surface area contributed by atoms with Crippen molar-refractivity contribution in [3.05, 3.63) is 29.8 Å². The average molecular weight is 312 g/mol. The van der Waals surface area contributed by atoms with Crippen molar-refractivity contribution >= 4 is 15.9 Å². The van der Waals surface area contributed by atoms with Gasteiger partial charge in [0.25, 0.3) is 5.91 Å². The maximum atomic E-state index is 12.3. The predicted octanol–water partition coefficient (Wildman–Crippen LogP) is 0.975. The van der Waals surface area contributed by atoms with Crippen LogP contribution in [0.1, 0.15) is 29.6 Å². The molecule has 0 aliphatic carbocycles. The van der Waals surface area contributed by atoms with Gasteiger partial charge in [-0.3, -0.25) is 4.79 Å². The summed E-state index contributed by atoms with van der Waals surface area (Å²) in [6.45, 7) is 1.23. The zero-order valence-corrected chi connectivity index (χ0v) is 12.8. The molecule has 0 spiro atoms. The van der Waals surface area contributed by atoms with Crippen molar-refractivity contribution < 1.29 is 17.9 Å². The normalized spacial score (nSPS) is 19.2. The summed E-state index contributed by atoms with van der Waals surface area (Å²) in [6, 6.07) is 5.76. The molecule has 0 saturated carbocycles. The molecule has 1 unspecified atom stereocenters. The number of hydrogen-bond donors (Lipinski definition) is 1. The molecule has 6 nitrogen and oxygen atoms in total. The van der Waals surface area contributed by atoms with Crippen LogP contribution in [0, 0.1) is 0 Å². The van der Waals surface area contributed by atoms with Gasteiger partial charge >= 0.3 is 0 Å². The van der Waals surface area contributed by atoms with E-state index in [0.717, 1.165) is 25.9 Å². The second-order valence-electron chi connectivity index (χ2n) is 5.25. The molecule has 1 saturated heterocycles. The molecule has 2 rings (SSSR count). The summed E-state index contributed by atoms with van der Waals surface area (Å²) in [5.41, 5.74) is 0.305. The van der Waals surface area contributed by atoms with Gasteiger partial charge in [-0.05, 0) is 37.5 Å². The quantitative estimate of drug-likeness (QED) is 0.897. The van der Waals surface area contributed by atoms with E-state index in [1.54, 1.807) is 18.0 Å². The average Bonchev–Trinajstić information content (AvgIpc) is 2.46. The summed E-state index contributed by atoms with van der Waals surface area (Å²) < 4.78 is 28.3. The SMILES string of the molecule is CN(CC1CCCCO1)C(=O)c1cccc(S(N)(=O)=O)c1. The van der Waals surface area contributed by atoms with Crippen molar-refractivity contribution in [2.45, 2.75) is 30.3 Å². The van der Waals surface area contributed by atoms with Crippen LogP contribution in [0.3, 0.4) is 0 Å². The first kappa shape index (κ1) is 15.9. The molecule has 1 aliphatic rings. The van der Waals surface area contributed by atoms with Crippen LogP contribution in [-0.2, 0) is 14.8 Å². The Morgan fingerprint density at radius 3 is 2.81 bits per heavy atom. The molecule has 1 aliphatic heterocycles. The van der Waals surface area contributed by atoms with Gasteiger partial charge in [-0.15, -0.1) is 0 Å². The van der Waals surface area contributed by atoms with Gasteiger partial charge in [0.1, 0.15) is 0 Å². The number of carbonyl (C=O) groups excluding carboxylic acids is 1. The molecule has 0 radical (unpaired) electrons. The minimum Gasteiger partial charge on any atom is -0.376 e. The Labute approximate surface area is 124 Å². The summed E-state index contributed by atoms with van der Waals surface area (Å²) in [5.74, 6) is -0.241. The maximum absolute atomic E-state index is 12.3. The Morgan fingerprint density at radius 2 is 2.19 bits per heavy atom. The van der Waals surface area contributed by atoms with Gasteiger partial charge in [-0.1, -0.05) is 6.07 Å². The lowest BCUT2D eigenvalue weighted by molar-refractivity contribution is -0.000192. The third kappa shape index (κ3) is 4.26. The van der Waals surface area contributed by atoms with Crippen molar-refractivity contribution in [1.82, 2.24) is 4.90 Å². The van der Waals surface area contributed by atoms with E-state index < -0.39 is 10.0 Å². The third-order valence-corrected chi connectivity index (χ3v) is 4.42. The Hall–Kier alpha value is -1.44. The van der Waals surface area contributed by atoms with Crippen LogP contribution in [0.25, 0.3) is 0 Å². The van der Waals surface area contributed by atoms with Crippen LogP contribution >= 0.6 is 0 Å². The molecule has 0 aromatic heterocycles. The topological polar surface area (TPSA) is 89.7 Å². The highest BCUT2D eigenvalue weighted by atomic mass is 32.2. The fourth-order valence-corrected chi connectivity index (χ4v) is 2.93. The zero-order chi connectivity index (χ0) is 15.5. The van der Waals surface area contributed by atoms with E-state index in [9.17, 15) is 13.2 Å². The second kappa shape index (κ2) is 6.55. The largest absolute Gasteiger partial charge is 0.376 e. The van der Waals surface area contributed by atoms with Crippen LogP contribution in [0.15, 0.2) is 29.2 Å². The van der Waals surface area contributed by atoms with Gasteiger partial charge in [0.2, 0.25) is 10.0 Å². The Kier molecular flexibility index (Phi) is 4.97. The molecular weight excluding hydrogens is 292 g/mol. The Morgan fingerprint density at radius 1 is 1.43 bits per heavy atom. The van der Waals surface area contributed by atoms with E-state index in [2.05, 4.69) is 0 Å². The third-order valence-electron chi connectivity index (χ3n) is 3.51. The molecule has 1 atom stereocenters. The van der Waals surface area contributed by atoms with E-state index in [4.69, 9.17) is 9.88 Å². The summed E-state index contributed by atoms with van der Waals surface area (Å²) in [5, 5.41) is 5.08. The Balaban J connectivity index is 2.08. The van der Waals surface area contributed by atoms with Crippen LogP contribution in [0.4, 0.5) is 0 Å². The van der Waals surface area contributed by atoms with Crippen molar-refractivity contribution in [3.63, 3.8) is 0 Å². The number of ether oxygens (including phenoxy) is 1. The smallest absolute Gasteiger partial charge is 0.253 e. The van der Waals surface area contributed by atoms with E-state index >= 15 is 0 Å². The highest BCUT2D eigenvalue weighted by Gasteiger charge is 2.20. The molecule has 7 heteroatoms. The van der Waals surface area contributed by atoms with Gasteiger partial charge in [-0.25, -0.2) is 13.6 Å². The fourth-order valence-electron chi connectivity index (χ4n) is 2.37. The monoisotopic (exact) mass is 312 g/mol. The molecule has 1 amide bonds. The van der Waals surface area contributed by atoms with E-state index in [0.29, 0.717) is 12.1 Å². The maximum Gasteiger partial charge on any atom is 0.253 e. The van der Waals surface area contributed by atoms with Crippen LogP contribution < -0.4 is 5.14 Å². The summed E-state index contributed by atoms with van der Waals surface area (Å²) >= 11 is 0. The number of nitrogens with two attached hydrogens (primary N) is 1. The molecule has 116 valence electrons. The van der Waals surface area contributed by atoms with E-state index in [1.807, 2.05) is 0 Å². The predicted molar refractivity (Wildman–Crippen MR) is 78.4 cm³/mol. The lowest BCUT2D eigenvalue weighted by Gasteiger charge is -2.27. The van der Waals surface area contributed by atoms with Crippen LogP contribution in [0.5, 0.6) is 0 Å². The summed E-state index contributed by atoms with van der Waals surface area (Å²) in [7, 11) is -2.12. The lowest BCUT2D eigenvalue weighted by atomic mass is 10.1. The molecule has 1 aromatic carbocycles. The number of benzene rings is 1. The molecule has 1 heterocycles. The summed E-state index contributed by atoms with van der Waals surface area (Å²) in [6.07, 6.45) is 3.15. The molecule has 1 aromatic rings. The first-order valence-electron chi connectivity index (χ1n) is 6.88. The van der Waals surface area contributed by atoms with Gasteiger partial charge in [0, 0.05) is 25.8 Å². The standard InChI is InChI=1S/C14H20N2O4S/c1-16(10-12-6-2-3-8-20-12)14(17)11-5-4-7-13(9-11)21(15,18)19/h4-5,7,9,12H,2-3,6,8,10H2,1H3,(H2,15,18,19). The molecule has 2 N–H and O–H groups in total. The number of primary sulfonamides is 1. The van der Waals surface area contributed by atoms with E-state index in [1.165, 1.54) is 18.2 Å². The van der Waals surface area contributed by atoms with Crippen molar-refractivity contribution in [1.29, 1.82) is 0 Å². The number of amides is 1. The highest BCUT2D eigenvalue weighted by Crippen LogP contribution is 2.16. The fraction of sp³-hybridized carbons (Fsp3) is 0.500. The first-order chi connectivity index (χ1) is 9.88. The first-order valence-corrected chi connectivity index (χ1v) is 8.42. The Bertz CT molecular complexity index is 609. The van der Waals surface area contributed by atoms with E-state index in [-0.39, 0.29) is 16.9 Å². The molecule has 1 fully saturated rings. The number of rotatable bonds is 4.